The number of rotatable bonds is 3. The maximum atomic E-state index is 9.38. The number of likely N-dealkylation sites (N-methyl/N-ethyl adjacent to an activating group) is 1. The van der Waals surface area contributed by atoms with Crippen molar-refractivity contribution in [3.63, 3.8) is 0 Å². The predicted molar refractivity (Wildman–Crippen MR) is 61.4 cm³/mol. The first-order valence-electron chi connectivity index (χ1n) is 4.69. The van der Waals surface area contributed by atoms with Gasteiger partial charge in [-0.1, -0.05) is 12.6 Å². The first-order valence-corrected chi connectivity index (χ1v) is 4.69. The Bertz CT molecular complexity index is 347. The predicted octanol–water partition coefficient (Wildman–Crippen LogP) is -0.461. The van der Waals surface area contributed by atoms with Gasteiger partial charge in [0, 0.05) is 6.07 Å². The van der Waals surface area contributed by atoms with Crippen LogP contribution in [0.25, 0.3) is 0 Å². The Kier molecular flexibility index (Phi) is 5.05. The highest BCUT2D eigenvalue weighted by Crippen LogP contribution is 2.23. The van der Waals surface area contributed by atoms with Crippen molar-refractivity contribution in [2.75, 3.05) is 20.6 Å². The second-order valence-corrected chi connectivity index (χ2v) is 4.32. The van der Waals surface area contributed by atoms with Gasteiger partial charge < -0.3 is 22.1 Å². The van der Waals surface area contributed by atoms with Gasteiger partial charge in [-0.3, -0.25) is 4.48 Å². The summed E-state index contributed by atoms with van der Waals surface area (Å²) in [5.41, 5.74) is 2.23. The number of nitrogens with zero attached hydrogens (tertiary/aromatic N) is 1. The molecule has 2 nitrogen and oxygen atoms in total. The van der Waals surface area contributed by atoms with Crippen LogP contribution in [0.3, 0.4) is 0 Å². The standard InChI is InChI=1S/C12H17NO.BrH/c1-10(2)9-13(3,4)11-6-5-7-12(14)8-11;/h5-8H,1,9H2,2-4H3;1H. The number of hydrogen-bond acceptors (Lipinski definition) is 1. The van der Waals surface area contributed by atoms with Crippen molar-refractivity contribution < 1.29 is 22.1 Å². The molecule has 15 heavy (non-hydrogen) atoms. The monoisotopic (exact) mass is 271 g/mol. The average molecular weight is 272 g/mol. The second kappa shape index (κ2) is 5.33. The summed E-state index contributed by atoms with van der Waals surface area (Å²) < 4.78 is 0.712. The third-order valence-electron chi connectivity index (χ3n) is 2.19. The number of hydrogen-bond donors (Lipinski definition) is 1. The lowest BCUT2D eigenvalue weighted by molar-refractivity contribution is -0.00000429. The van der Waals surface area contributed by atoms with Crippen LogP contribution in [0.2, 0.25) is 0 Å². The third kappa shape index (κ3) is 4.06. The average Bonchev–Trinajstić information content (AvgIpc) is 2.01. The first kappa shape index (κ1) is 14.2. The zero-order valence-electron chi connectivity index (χ0n) is 9.50. The van der Waals surface area contributed by atoms with Crippen LogP contribution in [0.4, 0.5) is 5.69 Å². The Morgan fingerprint density at radius 2 is 2.00 bits per heavy atom. The summed E-state index contributed by atoms with van der Waals surface area (Å²) in [6.45, 7) is 6.81. The topological polar surface area (TPSA) is 20.2 Å². The van der Waals surface area contributed by atoms with Gasteiger partial charge in [0.15, 0.2) is 0 Å². The lowest BCUT2D eigenvalue weighted by Gasteiger charge is -2.29. The van der Waals surface area contributed by atoms with Crippen LogP contribution in [-0.4, -0.2) is 25.7 Å². The SMILES string of the molecule is C=C(C)C[N+](C)(C)c1cccc(O)c1.[Br-]. The molecule has 0 aliphatic rings. The van der Waals surface area contributed by atoms with E-state index in [-0.39, 0.29) is 17.0 Å². The van der Waals surface area contributed by atoms with Gasteiger partial charge in [0.2, 0.25) is 0 Å². The Balaban J connectivity index is 0.00000196. The van der Waals surface area contributed by atoms with Gasteiger partial charge in [0.25, 0.3) is 0 Å². The molecule has 0 aliphatic carbocycles. The van der Waals surface area contributed by atoms with Gasteiger partial charge in [-0.05, 0) is 24.6 Å². The summed E-state index contributed by atoms with van der Waals surface area (Å²) in [6, 6.07) is 7.36. The molecule has 0 saturated carbocycles. The largest absolute Gasteiger partial charge is 1.00 e. The molecule has 0 atom stereocenters. The summed E-state index contributed by atoms with van der Waals surface area (Å²) in [5, 5.41) is 9.38. The van der Waals surface area contributed by atoms with Crippen LogP contribution >= 0.6 is 0 Å². The van der Waals surface area contributed by atoms with E-state index in [0.29, 0.717) is 10.2 Å². The van der Waals surface area contributed by atoms with E-state index in [9.17, 15) is 5.11 Å². The maximum absolute atomic E-state index is 9.38. The van der Waals surface area contributed by atoms with E-state index in [1.807, 2.05) is 19.1 Å². The van der Waals surface area contributed by atoms with E-state index in [1.54, 1.807) is 12.1 Å². The molecule has 1 aromatic carbocycles. The van der Waals surface area contributed by atoms with E-state index in [2.05, 4.69) is 20.7 Å². The lowest BCUT2D eigenvalue weighted by atomic mass is 10.2. The highest BCUT2D eigenvalue weighted by molar-refractivity contribution is 5.47. The number of benzene rings is 1. The zero-order valence-corrected chi connectivity index (χ0v) is 11.1. The molecule has 1 N–H and O–H groups in total. The van der Waals surface area contributed by atoms with Gasteiger partial charge in [-0.2, -0.15) is 0 Å². The van der Waals surface area contributed by atoms with Crippen LogP contribution in [0.1, 0.15) is 6.92 Å². The number of phenolic OH excluding ortho intramolecular Hbond substituents is 1. The summed E-state index contributed by atoms with van der Waals surface area (Å²) in [6.07, 6.45) is 0. The van der Waals surface area contributed by atoms with E-state index in [0.717, 1.165) is 17.8 Å². The Morgan fingerprint density at radius 1 is 1.40 bits per heavy atom. The summed E-state index contributed by atoms with van der Waals surface area (Å²) >= 11 is 0. The highest BCUT2D eigenvalue weighted by Gasteiger charge is 2.18. The fourth-order valence-corrected chi connectivity index (χ4v) is 1.64. The highest BCUT2D eigenvalue weighted by atomic mass is 79.9. The molecule has 1 rings (SSSR count). The maximum Gasteiger partial charge on any atom is 0.136 e. The molecule has 0 aromatic heterocycles. The quantitative estimate of drug-likeness (QED) is 0.583. The van der Waals surface area contributed by atoms with Crippen molar-refractivity contribution >= 4 is 5.69 Å². The normalized spacial score (nSPS) is 10.6. The van der Waals surface area contributed by atoms with Crippen molar-refractivity contribution in [3.8, 4) is 5.75 Å². The molecule has 0 spiro atoms. The van der Waals surface area contributed by atoms with Crippen LogP contribution in [0, 0.1) is 0 Å². The molecule has 0 aliphatic heterocycles. The first-order chi connectivity index (χ1) is 6.42. The fraction of sp³-hybridized carbons (Fsp3) is 0.333. The fourth-order valence-electron chi connectivity index (χ4n) is 1.64. The van der Waals surface area contributed by atoms with Crippen molar-refractivity contribution in [1.82, 2.24) is 4.48 Å². The molecule has 0 fully saturated rings. The molecule has 0 saturated heterocycles. The van der Waals surface area contributed by atoms with Crippen LogP contribution < -0.4 is 21.5 Å². The van der Waals surface area contributed by atoms with Gasteiger partial charge >= 0.3 is 0 Å². The lowest BCUT2D eigenvalue weighted by Crippen LogP contribution is -3.00. The minimum atomic E-state index is 0. The number of phenols is 1. The smallest absolute Gasteiger partial charge is 0.136 e. The molecule has 0 unspecified atom stereocenters. The van der Waals surface area contributed by atoms with Crippen molar-refractivity contribution in [2.45, 2.75) is 6.92 Å². The molecule has 0 radical (unpaired) electrons. The van der Waals surface area contributed by atoms with Crippen LogP contribution in [-0.2, 0) is 0 Å². The Hall–Kier alpha value is -0.800. The van der Waals surface area contributed by atoms with Gasteiger partial charge in [0.1, 0.15) is 18.0 Å². The third-order valence-corrected chi connectivity index (χ3v) is 2.19. The van der Waals surface area contributed by atoms with E-state index in [4.69, 9.17) is 0 Å². The number of quaternary nitrogens is 1. The molecule has 3 heteroatoms. The molecular formula is C12H18BrNO. The Labute approximate surface area is 102 Å². The Morgan fingerprint density at radius 3 is 2.47 bits per heavy atom. The van der Waals surface area contributed by atoms with Gasteiger partial charge in [0.05, 0.1) is 14.1 Å². The summed E-state index contributed by atoms with van der Waals surface area (Å²) in [7, 11) is 4.20. The van der Waals surface area contributed by atoms with E-state index < -0.39 is 0 Å². The minimum Gasteiger partial charge on any atom is -1.00 e. The summed E-state index contributed by atoms with van der Waals surface area (Å²) in [4.78, 5) is 0. The molecular weight excluding hydrogens is 254 g/mol. The molecule has 0 heterocycles. The molecule has 84 valence electrons. The molecule has 1 aromatic rings. The van der Waals surface area contributed by atoms with Crippen LogP contribution in [0.5, 0.6) is 5.75 Å². The summed E-state index contributed by atoms with van der Waals surface area (Å²) in [5.74, 6) is 0.315. The van der Waals surface area contributed by atoms with E-state index >= 15 is 0 Å². The second-order valence-electron chi connectivity index (χ2n) is 4.32. The number of halogens is 1. The van der Waals surface area contributed by atoms with Crippen molar-refractivity contribution in [2.24, 2.45) is 0 Å². The zero-order chi connectivity index (χ0) is 10.8. The number of aromatic hydroxyl groups is 1. The van der Waals surface area contributed by atoms with E-state index in [1.165, 1.54) is 0 Å². The molecule has 0 bridgehead atoms. The van der Waals surface area contributed by atoms with Crippen molar-refractivity contribution in [1.29, 1.82) is 0 Å². The molecule has 0 amide bonds. The van der Waals surface area contributed by atoms with Gasteiger partial charge in [-0.15, -0.1) is 0 Å². The van der Waals surface area contributed by atoms with Crippen molar-refractivity contribution in [3.05, 3.63) is 36.4 Å². The van der Waals surface area contributed by atoms with Crippen LogP contribution in [0.15, 0.2) is 36.4 Å². The minimum absolute atomic E-state index is 0. The van der Waals surface area contributed by atoms with Gasteiger partial charge in [-0.25, -0.2) is 0 Å².